The van der Waals surface area contributed by atoms with Crippen molar-refractivity contribution < 1.29 is 9.90 Å². The first-order valence-electron chi connectivity index (χ1n) is 9.55. The average molecular weight is 306 g/mol. The Morgan fingerprint density at radius 3 is 2.00 bits per heavy atom. The summed E-state index contributed by atoms with van der Waals surface area (Å²) in [4.78, 5) is 11.3. The molecule has 0 aliphatic heterocycles. The molecule has 0 radical (unpaired) electrons. The lowest BCUT2D eigenvalue weighted by molar-refractivity contribution is -0.133. The van der Waals surface area contributed by atoms with Crippen molar-refractivity contribution in [3.8, 4) is 0 Å². The highest BCUT2D eigenvalue weighted by atomic mass is 16.4. The van der Waals surface area contributed by atoms with Gasteiger partial charge >= 0.3 is 5.97 Å². The Labute approximate surface area is 136 Å². The lowest BCUT2D eigenvalue weighted by Crippen LogP contribution is -2.27. The molecular weight excluding hydrogens is 272 g/mol. The quantitative estimate of drug-likeness (QED) is 0.628. The van der Waals surface area contributed by atoms with Crippen LogP contribution in [0.15, 0.2) is 11.6 Å². The lowest BCUT2D eigenvalue weighted by atomic mass is 9.68. The molecular formula is C20H34O2. The Balaban J connectivity index is 1.75. The molecule has 0 amide bonds. The van der Waals surface area contributed by atoms with E-state index in [1.54, 1.807) is 0 Å². The van der Waals surface area contributed by atoms with E-state index in [4.69, 9.17) is 0 Å². The van der Waals surface area contributed by atoms with Crippen LogP contribution in [0.25, 0.3) is 0 Å². The largest absolute Gasteiger partial charge is 0.478 e. The molecule has 2 aliphatic rings. The normalized spacial score (nSPS) is 33.6. The molecule has 0 aromatic rings. The van der Waals surface area contributed by atoms with Crippen LogP contribution in [0, 0.1) is 23.7 Å². The van der Waals surface area contributed by atoms with E-state index >= 15 is 0 Å². The molecule has 2 aliphatic carbocycles. The third-order valence-electron chi connectivity index (χ3n) is 6.29. The van der Waals surface area contributed by atoms with Crippen LogP contribution in [0.4, 0.5) is 0 Å². The summed E-state index contributed by atoms with van der Waals surface area (Å²) < 4.78 is 0. The smallest absolute Gasteiger partial charge is 0.331 e. The van der Waals surface area contributed by atoms with E-state index in [1.807, 2.05) is 13.0 Å². The first kappa shape index (κ1) is 17.6. The zero-order valence-corrected chi connectivity index (χ0v) is 14.5. The van der Waals surface area contributed by atoms with Gasteiger partial charge in [0.1, 0.15) is 0 Å². The van der Waals surface area contributed by atoms with E-state index in [9.17, 15) is 9.90 Å². The van der Waals surface area contributed by atoms with E-state index < -0.39 is 5.97 Å². The molecule has 0 aromatic carbocycles. The van der Waals surface area contributed by atoms with Crippen molar-refractivity contribution in [3.63, 3.8) is 0 Å². The predicted molar refractivity (Wildman–Crippen MR) is 91.8 cm³/mol. The van der Waals surface area contributed by atoms with Gasteiger partial charge in [-0.2, -0.15) is 0 Å². The van der Waals surface area contributed by atoms with Gasteiger partial charge in [0, 0.05) is 5.57 Å². The summed E-state index contributed by atoms with van der Waals surface area (Å²) in [6.07, 6.45) is 16.4. The maximum Gasteiger partial charge on any atom is 0.331 e. The topological polar surface area (TPSA) is 37.3 Å². The summed E-state index contributed by atoms with van der Waals surface area (Å²) in [6.45, 7) is 4.16. The van der Waals surface area contributed by atoms with Gasteiger partial charge in [0.15, 0.2) is 0 Å². The summed E-state index contributed by atoms with van der Waals surface area (Å²) in [5, 5.41) is 9.27. The number of carbonyl (C=O) groups is 1. The average Bonchev–Trinajstić information content (AvgIpc) is 2.54. The third-order valence-corrected chi connectivity index (χ3v) is 6.29. The number of allylic oxidation sites excluding steroid dienone is 1. The van der Waals surface area contributed by atoms with Gasteiger partial charge in [-0.25, -0.2) is 4.79 Å². The monoisotopic (exact) mass is 306 g/mol. The van der Waals surface area contributed by atoms with Crippen LogP contribution in [-0.4, -0.2) is 11.1 Å². The van der Waals surface area contributed by atoms with Crippen molar-refractivity contribution in [1.29, 1.82) is 0 Å². The molecule has 22 heavy (non-hydrogen) atoms. The Bertz CT molecular complexity index is 369. The van der Waals surface area contributed by atoms with Crippen molar-refractivity contribution in [2.24, 2.45) is 23.7 Å². The molecule has 0 atom stereocenters. The summed E-state index contributed by atoms with van der Waals surface area (Å²) in [5.41, 5.74) is 0.654. The fourth-order valence-electron chi connectivity index (χ4n) is 4.88. The molecule has 1 N–H and O–H groups in total. The molecule has 126 valence electrons. The maximum atomic E-state index is 11.3. The molecule has 0 spiro atoms. The SMILES string of the molecule is CC=C(C(=O)O)C1CCC(C2CCC(CCCC)CC2)CC1. The Kier molecular flexibility index (Phi) is 6.98. The van der Waals surface area contributed by atoms with Crippen LogP contribution < -0.4 is 0 Å². The summed E-state index contributed by atoms with van der Waals surface area (Å²) in [7, 11) is 0. The number of carboxylic acid groups (broad SMARTS) is 1. The molecule has 0 unspecified atom stereocenters. The number of hydrogen-bond acceptors (Lipinski definition) is 1. The highest BCUT2D eigenvalue weighted by Crippen LogP contribution is 2.43. The zero-order valence-electron chi connectivity index (χ0n) is 14.5. The Morgan fingerprint density at radius 1 is 1.00 bits per heavy atom. The fraction of sp³-hybridized carbons (Fsp3) is 0.850. The minimum Gasteiger partial charge on any atom is -0.478 e. The van der Waals surface area contributed by atoms with Gasteiger partial charge in [0.25, 0.3) is 0 Å². The zero-order chi connectivity index (χ0) is 15.9. The second-order valence-corrected chi connectivity index (χ2v) is 7.58. The predicted octanol–water partition coefficient (Wildman–Crippen LogP) is 5.82. The number of hydrogen-bond donors (Lipinski definition) is 1. The summed E-state index contributed by atoms with van der Waals surface area (Å²) in [6, 6.07) is 0. The minimum atomic E-state index is -0.706. The van der Waals surface area contributed by atoms with E-state index in [2.05, 4.69) is 6.92 Å². The van der Waals surface area contributed by atoms with Gasteiger partial charge < -0.3 is 5.11 Å². The Morgan fingerprint density at radius 2 is 1.55 bits per heavy atom. The van der Waals surface area contributed by atoms with Crippen molar-refractivity contribution in [3.05, 3.63) is 11.6 Å². The molecule has 0 bridgehead atoms. The molecule has 0 heterocycles. The molecule has 2 rings (SSSR count). The first-order chi connectivity index (χ1) is 10.7. The van der Waals surface area contributed by atoms with Gasteiger partial charge in [0.2, 0.25) is 0 Å². The van der Waals surface area contributed by atoms with Gasteiger partial charge in [-0.15, -0.1) is 0 Å². The number of unbranched alkanes of at least 4 members (excludes halogenated alkanes) is 1. The van der Waals surface area contributed by atoms with Crippen molar-refractivity contribution >= 4 is 5.97 Å². The molecule has 2 nitrogen and oxygen atoms in total. The molecule has 2 fully saturated rings. The van der Waals surface area contributed by atoms with Crippen LogP contribution in [0.3, 0.4) is 0 Å². The van der Waals surface area contributed by atoms with Crippen LogP contribution in [0.2, 0.25) is 0 Å². The van der Waals surface area contributed by atoms with E-state index in [-0.39, 0.29) is 0 Å². The summed E-state index contributed by atoms with van der Waals surface area (Å²) in [5.74, 6) is 2.39. The van der Waals surface area contributed by atoms with Gasteiger partial charge in [0.05, 0.1) is 0 Å². The second kappa shape index (κ2) is 8.74. The van der Waals surface area contributed by atoms with Gasteiger partial charge in [-0.05, 0) is 69.1 Å². The third kappa shape index (κ3) is 4.60. The second-order valence-electron chi connectivity index (χ2n) is 7.58. The first-order valence-corrected chi connectivity index (χ1v) is 9.55. The van der Waals surface area contributed by atoms with Crippen LogP contribution in [0.1, 0.15) is 84.5 Å². The Hall–Kier alpha value is -0.790. The van der Waals surface area contributed by atoms with Crippen LogP contribution in [-0.2, 0) is 4.79 Å². The molecule has 2 saturated carbocycles. The maximum absolute atomic E-state index is 11.3. The fourth-order valence-corrected chi connectivity index (χ4v) is 4.88. The summed E-state index contributed by atoms with van der Waals surface area (Å²) >= 11 is 0. The van der Waals surface area contributed by atoms with E-state index in [0.717, 1.165) is 30.6 Å². The van der Waals surface area contributed by atoms with E-state index in [0.29, 0.717) is 11.5 Å². The number of carboxylic acids is 1. The van der Waals surface area contributed by atoms with Crippen molar-refractivity contribution in [2.75, 3.05) is 0 Å². The lowest BCUT2D eigenvalue weighted by Gasteiger charge is -2.38. The molecule has 0 aromatic heterocycles. The van der Waals surface area contributed by atoms with Gasteiger partial charge in [-0.1, -0.05) is 45.1 Å². The van der Waals surface area contributed by atoms with Crippen molar-refractivity contribution in [1.82, 2.24) is 0 Å². The van der Waals surface area contributed by atoms with Crippen molar-refractivity contribution in [2.45, 2.75) is 84.5 Å². The minimum absolute atomic E-state index is 0.305. The molecule has 0 saturated heterocycles. The van der Waals surface area contributed by atoms with Gasteiger partial charge in [-0.3, -0.25) is 0 Å². The number of rotatable bonds is 6. The molecule has 2 heteroatoms. The standard InChI is InChI=1S/C20H34O2/c1-3-5-6-15-7-9-16(10-8-15)17-11-13-18(14-12-17)19(4-2)20(21)22/h4,15-18H,3,5-14H2,1-2H3,(H,21,22). The number of aliphatic carboxylic acids is 1. The highest BCUT2D eigenvalue weighted by molar-refractivity contribution is 5.87. The van der Waals surface area contributed by atoms with Crippen LogP contribution in [0.5, 0.6) is 0 Å². The van der Waals surface area contributed by atoms with E-state index in [1.165, 1.54) is 57.8 Å². The highest BCUT2D eigenvalue weighted by Gasteiger charge is 2.32. The van der Waals surface area contributed by atoms with Crippen LogP contribution >= 0.6 is 0 Å².